The maximum atomic E-state index is 13.7. The number of aromatic nitrogens is 1. The molecule has 1 aromatic heterocycles. The molecule has 0 aliphatic carbocycles. The van der Waals surface area contributed by atoms with Crippen molar-refractivity contribution in [2.45, 2.75) is 35.1 Å². The largest absolute Gasteiger partial charge is 0.492 e. The Hall–Kier alpha value is -4.50. The number of sulfonamides is 1. The number of halogens is 1. The van der Waals surface area contributed by atoms with Crippen LogP contribution >= 0.6 is 15.9 Å². The van der Waals surface area contributed by atoms with Crippen LogP contribution in [0.2, 0.25) is 0 Å². The Morgan fingerprint density at radius 3 is 2.08 bits per heavy atom. The standard InChI is InChI=1S/C31H28N2O4S.C8H7BrO4S/c34-20-27(17-26-19-32-29-12-5-4-11-28(26)29)33-38(35,36)30-18-25(16-24-13-14-37-31(24)30)23-10-6-9-22(15-23)21-7-2-1-3-8-21;9-6-3-5-1-2-13-8(5)7(4-6)14(10,11)12/h1-12,15-16,18-19,27,32-34H,13-14,17,20H2;3-4H,1-2H2,(H,10,11,12)/t27-;/m1./s1. The number of H-pyrrole nitrogens is 1. The van der Waals surface area contributed by atoms with Crippen LogP contribution in [0.25, 0.3) is 33.2 Å². The molecule has 0 amide bonds. The van der Waals surface area contributed by atoms with Crippen LogP contribution in [0, 0.1) is 0 Å². The first-order chi connectivity index (χ1) is 25.0. The summed E-state index contributed by atoms with van der Waals surface area (Å²) < 4.78 is 72.7. The number of rotatable bonds is 9. The maximum absolute atomic E-state index is 13.7. The molecule has 3 heterocycles. The Labute approximate surface area is 310 Å². The predicted octanol–water partition coefficient (Wildman–Crippen LogP) is 6.95. The van der Waals surface area contributed by atoms with Crippen molar-refractivity contribution in [2.24, 2.45) is 0 Å². The van der Waals surface area contributed by atoms with Gasteiger partial charge in [0.2, 0.25) is 10.0 Å². The summed E-state index contributed by atoms with van der Waals surface area (Å²) in [4.78, 5) is 3.14. The summed E-state index contributed by atoms with van der Waals surface area (Å²) in [5.74, 6) is 0.667. The minimum Gasteiger partial charge on any atom is -0.492 e. The van der Waals surface area contributed by atoms with E-state index in [0.29, 0.717) is 42.7 Å². The number of aromatic amines is 1. The Kier molecular flexibility index (Phi) is 10.3. The van der Waals surface area contributed by atoms with Crippen LogP contribution < -0.4 is 14.2 Å². The van der Waals surface area contributed by atoms with Crippen molar-refractivity contribution in [3.8, 4) is 33.8 Å². The van der Waals surface area contributed by atoms with Gasteiger partial charge in [0.25, 0.3) is 10.1 Å². The summed E-state index contributed by atoms with van der Waals surface area (Å²) in [5.41, 5.74) is 7.46. The summed E-state index contributed by atoms with van der Waals surface area (Å²) in [7, 11) is -8.20. The number of hydrogen-bond donors (Lipinski definition) is 4. The molecular weight excluding hydrogens is 768 g/mol. The zero-order chi connectivity index (χ0) is 36.5. The highest BCUT2D eigenvalue weighted by atomic mass is 79.9. The van der Waals surface area contributed by atoms with E-state index in [0.717, 1.165) is 49.8 Å². The van der Waals surface area contributed by atoms with Gasteiger partial charge in [-0.15, -0.1) is 0 Å². The van der Waals surface area contributed by atoms with E-state index in [1.54, 1.807) is 12.1 Å². The zero-order valence-corrected chi connectivity index (χ0v) is 31.0. The molecule has 268 valence electrons. The number of aliphatic hydroxyl groups excluding tert-OH is 1. The van der Waals surface area contributed by atoms with Gasteiger partial charge in [-0.05, 0) is 76.2 Å². The highest BCUT2D eigenvalue weighted by Gasteiger charge is 2.29. The molecule has 0 saturated carbocycles. The van der Waals surface area contributed by atoms with Crippen molar-refractivity contribution >= 4 is 47.0 Å². The second kappa shape index (κ2) is 14.9. The molecule has 13 heteroatoms. The first kappa shape index (κ1) is 35.9. The SMILES string of the molecule is O=S(=O)(N[C@@H](CO)Cc1c[nH]c2ccccc12)c1cc(-c2cccc(-c3ccccc3)c2)cc2c1OCC2.O=S(=O)(O)c1cc(Br)cc2c1OCC2. The van der Waals surface area contributed by atoms with E-state index in [1.165, 1.54) is 6.07 Å². The minimum atomic E-state index is -4.21. The minimum absolute atomic E-state index is 0.102. The quantitative estimate of drug-likeness (QED) is 0.115. The molecule has 6 aromatic rings. The Balaban J connectivity index is 0.000000251. The smallest absolute Gasteiger partial charge is 0.298 e. The average molecular weight is 804 g/mol. The summed E-state index contributed by atoms with van der Waals surface area (Å²) in [5, 5.41) is 11.1. The van der Waals surface area contributed by atoms with E-state index < -0.39 is 26.2 Å². The van der Waals surface area contributed by atoms with E-state index in [4.69, 9.17) is 14.0 Å². The lowest BCUT2D eigenvalue weighted by molar-refractivity contribution is 0.256. The van der Waals surface area contributed by atoms with Crippen molar-refractivity contribution in [2.75, 3.05) is 19.8 Å². The number of para-hydroxylation sites is 1. The third-order valence-corrected chi connectivity index (χ3v) is 11.9. The fourth-order valence-electron chi connectivity index (χ4n) is 6.57. The van der Waals surface area contributed by atoms with E-state index in [-0.39, 0.29) is 22.1 Å². The molecule has 1 atom stereocenters. The number of ether oxygens (including phenoxy) is 2. The fraction of sp³-hybridized carbons (Fsp3) is 0.179. The van der Waals surface area contributed by atoms with Crippen LogP contribution in [0.5, 0.6) is 11.5 Å². The third-order valence-electron chi connectivity index (χ3n) is 9.02. The number of aliphatic hydroxyl groups is 1. The van der Waals surface area contributed by atoms with Crippen LogP contribution in [0.15, 0.2) is 124 Å². The molecule has 0 radical (unpaired) electrons. The fourth-order valence-corrected chi connectivity index (χ4v) is 9.36. The van der Waals surface area contributed by atoms with Gasteiger partial charge in [-0.1, -0.05) is 82.7 Å². The second-order valence-corrected chi connectivity index (χ2v) is 16.5. The number of nitrogens with one attached hydrogen (secondary N) is 2. The highest BCUT2D eigenvalue weighted by Crippen LogP contribution is 2.39. The topological polar surface area (TPSA) is 155 Å². The first-order valence-corrected chi connectivity index (χ1v) is 20.3. The highest BCUT2D eigenvalue weighted by molar-refractivity contribution is 9.10. The van der Waals surface area contributed by atoms with Gasteiger partial charge in [-0.2, -0.15) is 8.42 Å². The maximum Gasteiger partial charge on any atom is 0.298 e. The van der Waals surface area contributed by atoms with E-state index in [2.05, 4.69) is 43.8 Å². The summed E-state index contributed by atoms with van der Waals surface area (Å²) >= 11 is 3.18. The van der Waals surface area contributed by atoms with Gasteiger partial charge in [-0.25, -0.2) is 13.1 Å². The Morgan fingerprint density at radius 2 is 1.37 bits per heavy atom. The van der Waals surface area contributed by atoms with Gasteiger partial charge in [0.1, 0.15) is 21.3 Å². The summed E-state index contributed by atoms with van der Waals surface area (Å²) in [6.07, 6.45) is 3.52. The van der Waals surface area contributed by atoms with Crippen molar-refractivity contribution in [3.63, 3.8) is 0 Å². The van der Waals surface area contributed by atoms with Gasteiger partial charge in [0.05, 0.1) is 19.8 Å². The predicted molar refractivity (Wildman–Crippen MR) is 203 cm³/mol. The molecule has 10 nitrogen and oxygen atoms in total. The second-order valence-electron chi connectivity index (χ2n) is 12.5. The van der Waals surface area contributed by atoms with Gasteiger partial charge in [0, 0.05) is 46.0 Å². The zero-order valence-electron chi connectivity index (χ0n) is 27.8. The summed E-state index contributed by atoms with van der Waals surface area (Å²) in [6.45, 7) is 0.555. The molecule has 0 unspecified atom stereocenters. The van der Waals surface area contributed by atoms with Crippen molar-refractivity contribution in [1.82, 2.24) is 9.71 Å². The molecule has 2 aliphatic rings. The van der Waals surface area contributed by atoms with Crippen molar-refractivity contribution in [3.05, 3.63) is 130 Å². The monoisotopic (exact) mass is 802 g/mol. The van der Waals surface area contributed by atoms with E-state index in [9.17, 15) is 21.9 Å². The van der Waals surface area contributed by atoms with Gasteiger partial charge in [-0.3, -0.25) is 4.55 Å². The van der Waals surface area contributed by atoms with E-state index >= 15 is 0 Å². The number of benzene rings is 5. The molecule has 0 spiro atoms. The molecular formula is C39H35BrN2O8S2. The van der Waals surface area contributed by atoms with Gasteiger partial charge in [0.15, 0.2) is 0 Å². The van der Waals surface area contributed by atoms with Crippen LogP contribution in [0.4, 0.5) is 0 Å². The number of fused-ring (bicyclic) bond motifs is 3. The van der Waals surface area contributed by atoms with Crippen LogP contribution in [-0.4, -0.2) is 57.3 Å². The lowest BCUT2D eigenvalue weighted by Gasteiger charge is -2.18. The van der Waals surface area contributed by atoms with Gasteiger partial charge < -0.3 is 19.6 Å². The average Bonchev–Trinajstić information content (AvgIpc) is 3.91. The number of hydrogen-bond acceptors (Lipinski definition) is 7. The molecule has 0 saturated heterocycles. The Bertz CT molecular complexity index is 2490. The lowest BCUT2D eigenvalue weighted by atomic mass is 9.97. The van der Waals surface area contributed by atoms with Crippen LogP contribution in [0.3, 0.4) is 0 Å². The Morgan fingerprint density at radius 1 is 0.731 bits per heavy atom. The molecule has 2 aliphatic heterocycles. The van der Waals surface area contributed by atoms with E-state index in [1.807, 2.05) is 72.9 Å². The molecule has 0 bridgehead atoms. The van der Waals surface area contributed by atoms with Crippen molar-refractivity contribution < 1.29 is 36.0 Å². The summed E-state index contributed by atoms with van der Waals surface area (Å²) in [6, 6.07) is 32.1. The molecule has 0 fully saturated rings. The third kappa shape index (κ3) is 7.65. The molecule has 4 N–H and O–H groups in total. The molecule has 52 heavy (non-hydrogen) atoms. The molecule has 5 aromatic carbocycles. The van der Waals surface area contributed by atoms with Gasteiger partial charge >= 0.3 is 0 Å². The lowest BCUT2D eigenvalue weighted by Crippen LogP contribution is -2.39. The van der Waals surface area contributed by atoms with Crippen LogP contribution in [0.1, 0.15) is 16.7 Å². The molecule has 8 rings (SSSR count). The van der Waals surface area contributed by atoms with Crippen LogP contribution in [-0.2, 0) is 39.4 Å². The first-order valence-electron chi connectivity index (χ1n) is 16.6. The normalized spacial score (nSPS) is 14.1. The van der Waals surface area contributed by atoms with Crippen molar-refractivity contribution in [1.29, 1.82) is 0 Å².